The molecule has 0 radical (unpaired) electrons. The number of rotatable bonds is 5. The van der Waals surface area contributed by atoms with Crippen LogP contribution in [0.4, 0.5) is 0 Å². The van der Waals surface area contributed by atoms with Gasteiger partial charge in [0.05, 0.1) is 6.54 Å². The Kier molecular flexibility index (Phi) is 8.19. The predicted molar refractivity (Wildman–Crippen MR) is 117 cm³/mol. The van der Waals surface area contributed by atoms with Gasteiger partial charge in [-0.1, -0.05) is 18.2 Å². The van der Waals surface area contributed by atoms with E-state index in [1.165, 1.54) is 10.9 Å². The molecule has 2 aliphatic heterocycles. The van der Waals surface area contributed by atoms with Crippen molar-refractivity contribution in [2.24, 2.45) is 5.92 Å². The molecule has 1 aromatic carbocycles. The van der Waals surface area contributed by atoms with E-state index in [1.54, 1.807) is 0 Å². The number of carbonyl (C=O) groups is 1. The van der Waals surface area contributed by atoms with E-state index in [9.17, 15) is 4.79 Å². The van der Waals surface area contributed by atoms with E-state index in [2.05, 4.69) is 34.2 Å². The second-order valence-corrected chi connectivity index (χ2v) is 7.73. The van der Waals surface area contributed by atoms with Gasteiger partial charge < -0.3 is 14.6 Å². The van der Waals surface area contributed by atoms with Crippen LogP contribution in [0.1, 0.15) is 30.6 Å². The topological polar surface area (TPSA) is 48.7 Å². The molecule has 7 heteroatoms. The first-order valence-electron chi connectivity index (χ1n) is 9.81. The fraction of sp³-hybridized carbons (Fsp3) is 0.571. The summed E-state index contributed by atoms with van der Waals surface area (Å²) in [7, 11) is 1.95. The minimum Gasteiger partial charge on any atom is -0.459 e. The van der Waals surface area contributed by atoms with Crippen molar-refractivity contribution in [3.8, 4) is 0 Å². The molecule has 28 heavy (non-hydrogen) atoms. The highest BCUT2D eigenvalue weighted by Crippen LogP contribution is 2.33. The van der Waals surface area contributed by atoms with E-state index in [0.717, 1.165) is 56.9 Å². The third-order valence-electron chi connectivity index (χ3n) is 6.14. The number of para-hydroxylation sites is 1. The first-order chi connectivity index (χ1) is 12.7. The average molecular weight is 428 g/mol. The molecule has 0 spiro atoms. The summed E-state index contributed by atoms with van der Waals surface area (Å²) < 4.78 is 6.11. The third-order valence-corrected chi connectivity index (χ3v) is 6.14. The number of nitrogens with zero attached hydrogens (tertiary/aromatic N) is 2. The van der Waals surface area contributed by atoms with Crippen LogP contribution >= 0.6 is 24.8 Å². The lowest BCUT2D eigenvalue weighted by Gasteiger charge is -2.47. The average Bonchev–Trinajstić information content (AvgIpc) is 2.97. The summed E-state index contributed by atoms with van der Waals surface area (Å²) >= 11 is 0. The fourth-order valence-electron chi connectivity index (χ4n) is 4.67. The molecule has 0 aliphatic carbocycles. The first kappa shape index (κ1) is 23.0. The van der Waals surface area contributed by atoms with E-state index >= 15 is 0 Å². The molecule has 2 saturated heterocycles. The van der Waals surface area contributed by atoms with E-state index in [4.69, 9.17) is 4.42 Å². The van der Waals surface area contributed by atoms with Crippen LogP contribution in [0.5, 0.6) is 0 Å². The summed E-state index contributed by atoms with van der Waals surface area (Å²) in [6.45, 7) is 6.82. The molecule has 0 unspecified atom stereocenters. The van der Waals surface area contributed by atoms with Crippen LogP contribution in [0.2, 0.25) is 0 Å². The summed E-state index contributed by atoms with van der Waals surface area (Å²) in [6.07, 6.45) is 2.79. The number of amides is 1. The molecule has 5 nitrogen and oxygen atoms in total. The number of halogens is 2. The lowest BCUT2D eigenvalue weighted by Crippen LogP contribution is -2.56. The van der Waals surface area contributed by atoms with Gasteiger partial charge in [-0.2, -0.15) is 0 Å². The Morgan fingerprint density at radius 2 is 2.00 bits per heavy atom. The van der Waals surface area contributed by atoms with Crippen molar-refractivity contribution in [3.63, 3.8) is 0 Å². The molecule has 2 fully saturated rings. The fourth-order valence-corrected chi connectivity index (χ4v) is 4.67. The molecular formula is C21H31Cl2N3O2. The standard InChI is InChI=1S/C21H29N3O2.2ClH/c1-15-17-5-3-4-6-19(17)26-20(15)14-23-11-9-18-16(13-23)7-8-21(25)24(18)12-10-22-2;;/h3-6,16,18,22H,7-14H2,1-2H3;2*1H/t16-,18+;;/m0../s1. The van der Waals surface area contributed by atoms with Crippen LogP contribution < -0.4 is 5.32 Å². The molecule has 1 amide bonds. The van der Waals surface area contributed by atoms with Gasteiger partial charge in [-0.25, -0.2) is 0 Å². The van der Waals surface area contributed by atoms with Gasteiger partial charge in [0.2, 0.25) is 5.91 Å². The van der Waals surface area contributed by atoms with Gasteiger partial charge in [-0.15, -0.1) is 24.8 Å². The van der Waals surface area contributed by atoms with Gasteiger partial charge in [-0.05, 0) is 44.4 Å². The van der Waals surface area contributed by atoms with Crippen molar-refractivity contribution < 1.29 is 9.21 Å². The molecule has 0 bridgehead atoms. The molecule has 156 valence electrons. The molecule has 2 aliphatic rings. The number of piperidine rings is 2. The predicted octanol–water partition coefficient (Wildman–Crippen LogP) is 3.62. The molecule has 4 rings (SSSR count). The number of likely N-dealkylation sites (N-methyl/N-ethyl adjacent to an activating group) is 1. The molecule has 0 saturated carbocycles. The Balaban J connectivity index is 0.00000140. The highest BCUT2D eigenvalue weighted by molar-refractivity contribution is 5.85. The Morgan fingerprint density at radius 3 is 2.75 bits per heavy atom. The van der Waals surface area contributed by atoms with Crippen molar-refractivity contribution in [2.45, 2.75) is 38.8 Å². The van der Waals surface area contributed by atoms with Crippen LogP contribution in [0.25, 0.3) is 11.0 Å². The van der Waals surface area contributed by atoms with Crippen LogP contribution in [0.3, 0.4) is 0 Å². The lowest BCUT2D eigenvalue weighted by molar-refractivity contribution is -0.141. The minimum atomic E-state index is 0. The SMILES string of the molecule is CNCCN1C(=O)CC[C@H]2CN(Cc3oc4ccccc4c3C)CC[C@H]21.Cl.Cl. The van der Waals surface area contributed by atoms with Gasteiger partial charge in [0, 0.05) is 44.0 Å². The maximum Gasteiger partial charge on any atom is 0.222 e. The number of likely N-dealkylation sites (tertiary alicyclic amines) is 2. The number of nitrogens with one attached hydrogen (secondary N) is 1. The van der Waals surface area contributed by atoms with Crippen molar-refractivity contribution in [1.82, 2.24) is 15.1 Å². The number of carbonyl (C=O) groups excluding carboxylic acids is 1. The summed E-state index contributed by atoms with van der Waals surface area (Å²) in [6, 6.07) is 8.69. The van der Waals surface area contributed by atoms with Crippen molar-refractivity contribution in [3.05, 3.63) is 35.6 Å². The van der Waals surface area contributed by atoms with Crippen LogP contribution in [-0.2, 0) is 11.3 Å². The normalized spacial score (nSPS) is 22.5. The van der Waals surface area contributed by atoms with Crippen LogP contribution in [0.15, 0.2) is 28.7 Å². The van der Waals surface area contributed by atoms with Gasteiger partial charge in [0.25, 0.3) is 0 Å². The largest absolute Gasteiger partial charge is 0.459 e. The zero-order chi connectivity index (χ0) is 18.1. The van der Waals surface area contributed by atoms with Gasteiger partial charge in [-0.3, -0.25) is 9.69 Å². The van der Waals surface area contributed by atoms with Crippen molar-refractivity contribution in [1.29, 1.82) is 0 Å². The maximum absolute atomic E-state index is 12.3. The second kappa shape index (κ2) is 9.97. The number of furan rings is 1. The highest BCUT2D eigenvalue weighted by atomic mass is 35.5. The van der Waals surface area contributed by atoms with E-state index < -0.39 is 0 Å². The number of aryl methyl sites for hydroxylation is 1. The van der Waals surface area contributed by atoms with Crippen LogP contribution in [0, 0.1) is 12.8 Å². The molecule has 3 heterocycles. The van der Waals surface area contributed by atoms with Crippen molar-refractivity contribution in [2.75, 3.05) is 33.2 Å². The molecule has 1 N–H and O–H groups in total. The Morgan fingerprint density at radius 1 is 1.21 bits per heavy atom. The van der Waals surface area contributed by atoms with Gasteiger partial charge >= 0.3 is 0 Å². The number of hydrogen-bond acceptors (Lipinski definition) is 4. The first-order valence-corrected chi connectivity index (χ1v) is 9.81. The third kappa shape index (κ3) is 4.48. The summed E-state index contributed by atoms with van der Waals surface area (Å²) in [5, 5.41) is 4.40. The quantitative estimate of drug-likeness (QED) is 0.791. The van der Waals surface area contributed by atoms with E-state index in [1.807, 2.05) is 19.2 Å². The lowest BCUT2D eigenvalue weighted by atomic mass is 9.83. The van der Waals surface area contributed by atoms with E-state index in [-0.39, 0.29) is 24.8 Å². The summed E-state index contributed by atoms with van der Waals surface area (Å²) in [5.74, 6) is 2.01. The molecule has 2 atom stereocenters. The molecule has 2 aromatic rings. The second-order valence-electron chi connectivity index (χ2n) is 7.73. The van der Waals surface area contributed by atoms with E-state index in [0.29, 0.717) is 24.3 Å². The molecule has 1 aromatic heterocycles. The molecular weight excluding hydrogens is 397 g/mol. The zero-order valence-corrected chi connectivity index (χ0v) is 18.3. The zero-order valence-electron chi connectivity index (χ0n) is 16.6. The van der Waals surface area contributed by atoms with Crippen molar-refractivity contribution >= 4 is 41.7 Å². The smallest absolute Gasteiger partial charge is 0.222 e. The maximum atomic E-state index is 12.3. The summed E-state index contributed by atoms with van der Waals surface area (Å²) in [5.41, 5.74) is 2.24. The number of fused-ring (bicyclic) bond motifs is 2. The van der Waals surface area contributed by atoms with Gasteiger partial charge in [0.15, 0.2) is 0 Å². The Hall–Kier alpha value is -1.27. The monoisotopic (exact) mass is 427 g/mol. The van der Waals surface area contributed by atoms with Crippen LogP contribution in [-0.4, -0.2) is 55.0 Å². The van der Waals surface area contributed by atoms with Gasteiger partial charge in [0.1, 0.15) is 11.3 Å². The number of benzene rings is 1. The minimum absolute atomic E-state index is 0. The Bertz CT molecular complexity index is 795. The summed E-state index contributed by atoms with van der Waals surface area (Å²) in [4.78, 5) is 17.0. The Labute approximate surface area is 179 Å². The highest BCUT2D eigenvalue weighted by Gasteiger charge is 2.39. The number of hydrogen-bond donors (Lipinski definition) is 1.